The van der Waals surface area contributed by atoms with Crippen molar-refractivity contribution < 1.29 is 4.79 Å². The quantitative estimate of drug-likeness (QED) is 0.214. The molecule has 0 radical (unpaired) electrons. The number of rotatable bonds is 14. The largest absolute Gasteiger partial charge is 0.303 e. The second-order valence-corrected chi connectivity index (χ2v) is 10.2. The molecule has 0 spiro atoms. The average molecular weight is 296 g/mol. The van der Waals surface area contributed by atoms with E-state index in [0.717, 1.165) is 31.0 Å². The van der Waals surface area contributed by atoms with Crippen molar-refractivity contribution in [2.75, 3.05) is 0 Å². The summed E-state index contributed by atoms with van der Waals surface area (Å²) >= 11 is -0.625. The van der Waals surface area contributed by atoms with E-state index in [1.54, 1.807) is 0 Å². The Kier molecular flexibility index (Phi) is 14.3. The maximum atomic E-state index is 10.5. The Labute approximate surface area is 132 Å². The molecule has 0 saturated carbocycles. The van der Waals surface area contributed by atoms with Crippen LogP contribution in [0, 0.1) is 11.8 Å². The minimum Gasteiger partial charge on any atom is -0.303 e. The van der Waals surface area contributed by atoms with Gasteiger partial charge in [-0.25, -0.2) is 0 Å². The lowest BCUT2D eigenvalue weighted by Gasteiger charge is -2.20. The Balaban J connectivity index is 4.13. The van der Waals surface area contributed by atoms with Crippen LogP contribution in [0.4, 0.5) is 0 Å². The summed E-state index contributed by atoms with van der Waals surface area (Å²) in [6, 6.07) is 0. The first-order valence-corrected chi connectivity index (χ1v) is 11.5. The lowest BCUT2D eigenvalue weighted by atomic mass is 10.1. The molecular weight excluding hydrogens is 259 g/mol. The Bertz CT molecular complexity index is 201. The van der Waals surface area contributed by atoms with Crippen LogP contribution in [0.3, 0.4) is 0 Å². The summed E-state index contributed by atoms with van der Waals surface area (Å²) in [7, 11) is 0. The molecule has 0 N–H and O–H groups in total. The lowest BCUT2D eigenvalue weighted by molar-refractivity contribution is -0.107. The first-order chi connectivity index (χ1) is 9.63. The standard InChI is InChI=1S/2C7H15.C4H7O.Al/c2*1-4-5-6-7(2)3;1-2-3-4-5;/h2*7H,2,4-6H2,1,3H3;4H,1-3H2;. The zero-order chi connectivity index (χ0) is 15.2. The molecule has 0 aliphatic heterocycles. The number of carbonyl (C=O) groups is 1. The molecule has 0 aliphatic carbocycles. The zero-order valence-corrected chi connectivity index (χ0v) is 15.7. The van der Waals surface area contributed by atoms with Gasteiger partial charge in [0.05, 0.1) is 0 Å². The molecule has 2 unspecified atom stereocenters. The van der Waals surface area contributed by atoms with E-state index < -0.39 is 14.1 Å². The fourth-order valence-electron chi connectivity index (χ4n) is 3.30. The molecular formula is C18H37AlO. The van der Waals surface area contributed by atoms with Crippen LogP contribution in [0.5, 0.6) is 0 Å². The summed E-state index contributed by atoms with van der Waals surface area (Å²) in [5.74, 6) is 1.84. The normalized spacial score (nSPS) is 14.0. The number of hydrogen-bond donors (Lipinski definition) is 0. The highest BCUT2D eigenvalue weighted by molar-refractivity contribution is 6.58. The van der Waals surface area contributed by atoms with Crippen LogP contribution in [0.15, 0.2) is 0 Å². The SMILES string of the molecule is CCCCC(C)[CH2][Al]([CH2]CCC=O)[CH2]C(C)CCCC. The highest BCUT2D eigenvalue weighted by atomic mass is 27.2. The van der Waals surface area contributed by atoms with Crippen LogP contribution in [0.25, 0.3) is 0 Å². The van der Waals surface area contributed by atoms with E-state index in [9.17, 15) is 4.79 Å². The summed E-state index contributed by atoms with van der Waals surface area (Å²) in [5, 5.41) is 4.41. The van der Waals surface area contributed by atoms with Gasteiger partial charge in [-0.05, 0) is 0 Å². The molecule has 2 heteroatoms. The highest BCUT2D eigenvalue weighted by Gasteiger charge is 2.21. The van der Waals surface area contributed by atoms with E-state index in [1.165, 1.54) is 54.4 Å². The van der Waals surface area contributed by atoms with Crippen molar-refractivity contribution in [1.82, 2.24) is 0 Å². The Hall–Kier alpha value is 0.202. The second-order valence-electron chi connectivity index (χ2n) is 6.93. The van der Waals surface area contributed by atoms with E-state index >= 15 is 0 Å². The van der Waals surface area contributed by atoms with Crippen LogP contribution in [0.2, 0.25) is 15.8 Å². The van der Waals surface area contributed by atoms with Crippen LogP contribution < -0.4 is 0 Å². The molecule has 0 saturated heterocycles. The molecule has 0 aliphatic rings. The molecule has 0 rings (SSSR count). The molecule has 2 atom stereocenters. The minimum absolute atomic E-state index is 0.625. The fraction of sp³-hybridized carbons (Fsp3) is 0.944. The van der Waals surface area contributed by atoms with E-state index in [4.69, 9.17) is 0 Å². The van der Waals surface area contributed by atoms with Gasteiger partial charge in [0.2, 0.25) is 0 Å². The van der Waals surface area contributed by atoms with Crippen LogP contribution >= 0.6 is 0 Å². The fourth-order valence-corrected chi connectivity index (χ4v) is 7.53. The van der Waals surface area contributed by atoms with Crippen LogP contribution in [0.1, 0.15) is 79.1 Å². The number of carbonyl (C=O) groups excluding carboxylic acids is 1. The second kappa shape index (κ2) is 14.2. The topological polar surface area (TPSA) is 17.1 Å². The third kappa shape index (κ3) is 12.0. The summed E-state index contributed by atoms with van der Waals surface area (Å²) in [4.78, 5) is 10.5. The Morgan fingerprint density at radius 1 is 0.900 bits per heavy atom. The van der Waals surface area contributed by atoms with Gasteiger partial charge < -0.3 is 4.79 Å². The molecule has 20 heavy (non-hydrogen) atoms. The molecule has 0 aromatic heterocycles. The van der Waals surface area contributed by atoms with Gasteiger partial charge in [-0.2, -0.15) is 0 Å². The monoisotopic (exact) mass is 296 g/mol. The van der Waals surface area contributed by atoms with Crippen LogP contribution in [-0.2, 0) is 4.79 Å². The van der Waals surface area contributed by atoms with Gasteiger partial charge in [-0.15, -0.1) is 0 Å². The third-order valence-corrected chi connectivity index (χ3v) is 8.67. The van der Waals surface area contributed by atoms with Gasteiger partial charge in [0.1, 0.15) is 6.29 Å². The molecule has 0 amide bonds. The van der Waals surface area contributed by atoms with Crippen molar-refractivity contribution >= 4 is 20.4 Å². The van der Waals surface area contributed by atoms with Gasteiger partial charge in [0, 0.05) is 6.42 Å². The molecule has 0 heterocycles. The number of unbranched alkanes of at least 4 members (excludes halogenated alkanes) is 3. The van der Waals surface area contributed by atoms with E-state index in [1.807, 2.05) is 0 Å². The van der Waals surface area contributed by atoms with Gasteiger partial charge in [0.25, 0.3) is 14.1 Å². The predicted molar refractivity (Wildman–Crippen MR) is 92.9 cm³/mol. The van der Waals surface area contributed by atoms with E-state index in [-0.39, 0.29) is 0 Å². The van der Waals surface area contributed by atoms with Crippen molar-refractivity contribution in [3.8, 4) is 0 Å². The van der Waals surface area contributed by atoms with Crippen LogP contribution in [-0.4, -0.2) is 20.4 Å². The summed E-state index contributed by atoms with van der Waals surface area (Å²) in [5.41, 5.74) is 0. The lowest BCUT2D eigenvalue weighted by Crippen LogP contribution is -2.19. The minimum atomic E-state index is -0.625. The van der Waals surface area contributed by atoms with Crippen molar-refractivity contribution in [2.45, 2.75) is 94.9 Å². The maximum absolute atomic E-state index is 10.5. The van der Waals surface area contributed by atoms with Crippen molar-refractivity contribution in [3.05, 3.63) is 0 Å². The first kappa shape index (κ1) is 20.2. The molecule has 118 valence electrons. The highest BCUT2D eigenvalue weighted by Crippen LogP contribution is 2.25. The summed E-state index contributed by atoms with van der Waals surface area (Å²) in [6.07, 6.45) is 11.3. The van der Waals surface area contributed by atoms with Gasteiger partial charge in [-0.1, -0.05) is 100 Å². The Morgan fingerprint density at radius 3 is 1.80 bits per heavy atom. The van der Waals surface area contributed by atoms with Crippen molar-refractivity contribution in [1.29, 1.82) is 0 Å². The molecule has 0 aromatic carbocycles. The van der Waals surface area contributed by atoms with Gasteiger partial charge in [-0.3, -0.25) is 0 Å². The molecule has 0 fully saturated rings. The van der Waals surface area contributed by atoms with E-state index in [0.29, 0.717) is 0 Å². The molecule has 1 nitrogen and oxygen atoms in total. The molecule has 0 aromatic rings. The number of hydrogen-bond acceptors (Lipinski definition) is 1. The summed E-state index contributed by atoms with van der Waals surface area (Å²) < 4.78 is 0. The Morgan fingerprint density at radius 2 is 1.40 bits per heavy atom. The zero-order valence-electron chi connectivity index (χ0n) is 14.5. The smallest absolute Gasteiger partial charge is 0.262 e. The maximum Gasteiger partial charge on any atom is 0.262 e. The third-order valence-electron chi connectivity index (χ3n) is 4.51. The first-order valence-electron chi connectivity index (χ1n) is 9.07. The van der Waals surface area contributed by atoms with Crippen molar-refractivity contribution in [3.63, 3.8) is 0 Å². The summed E-state index contributed by atoms with van der Waals surface area (Å²) in [6.45, 7) is 9.48. The van der Waals surface area contributed by atoms with E-state index in [2.05, 4.69) is 27.7 Å². The molecule has 0 bridgehead atoms. The average Bonchev–Trinajstić information content (AvgIpc) is 2.43. The number of aldehydes is 1. The predicted octanol–water partition coefficient (Wildman–Crippen LogP) is 6.11. The van der Waals surface area contributed by atoms with Gasteiger partial charge >= 0.3 is 0 Å². The van der Waals surface area contributed by atoms with Crippen molar-refractivity contribution in [2.24, 2.45) is 11.8 Å². The van der Waals surface area contributed by atoms with Gasteiger partial charge in [0.15, 0.2) is 0 Å².